The second-order valence-electron chi connectivity index (χ2n) is 7.69. The van der Waals surface area contributed by atoms with Gasteiger partial charge in [0.15, 0.2) is 0 Å². The lowest BCUT2D eigenvalue weighted by atomic mass is 9.83. The van der Waals surface area contributed by atoms with Crippen LogP contribution < -0.4 is 0 Å². The molecule has 0 heteroatoms. The van der Waals surface area contributed by atoms with Gasteiger partial charge in [0, 0.05) is 0 Å². The van der Waals surface area contributed by atoms with Crippen LogP contribution in [-0.2, 0) is 0 Å². The van der Waals surface area contributed by atoms with Crippen LogP contribution in [0, 0.1) is 0 Å². The molecule has 1 atom stereocenters. The monoisotopic (exact) mass is 336 g/mol. The Balaban J connectivity index is 2.01. The van der Waals surface area contributed by atoms with E-state index in [0.29, 0.717) is 5.92 Å². The topological polar surface area (TPSA) is 0 Å². The number of hydrogen-bond acceptors (Lipinski definition) is 0. The first kappa shape index (κ1) is 15.6. The van der Waals surface area contributed by atoms with E-state index in [4.69, 9.17) is 0 Å². The van der Waals surface area contributed by atoms with Crippen molar-refractivity contribution >= 4 is 43.1 Å². The molecule has 5 rings (SSSR count). The summed E-state index contributed by atoms with van der Waals surface area (Å²) in [6.07, 6.45) is 3.81. The lowest BCUT2D eigenvalue weighted by molar-refractivity contribution is 0.628. The molecule has 0 radical (unpaired) electrons. The zero-order chi connectivity index (χ0) is 17.7. The fourth-order valence-electron chi connectivity index (χ4n) is 4.74. The van der Waals surface area contributed by atoms with Gasteiger partial charge in [-0.05, 0) is 61.0 Å². The quantitative estimate of drug-likeness (QED) is 0.230. The molecule has 0 heterocycles. The SMILES string of the molecule is CCCCC(C)c1ccc2ccc3cccc4c5ccccc5c1c2c34. The van der Waals surface area contributed by atoms with E-state index in [-0.39, 0.29) is 0 Å². The predicted molar refractivity (Wildman–Crippen MR) is 116 cm³/mol. The number of unbranched alkanes of at least 4 members (excludes halogenated alkanes) is 1. The highest BCUT2D eigenvalue weighted by molar-refractivity contribution is 6.34. The zero-order valence-corrected chi connectivity index (χ0v) is 15.5. The van der Waals surface area contributed by atoms with Gasteiger partial charge in [-0.15, -0.1) is 0 Å². The highest BCUT2D eigenvalue weighted by Gasteiger charge is 2.17. The minimum Gasteiger partial charge on any atom is -0.0654 e. The fraction of sp³-hybridized carbons (Fsp3) is 0.231. The molecule has 0 amide bonds. The van der Waals surface area contributed by atoms with E-state index in [9.17, 15) is 0 Å². The summed E-state index contributed by atoms with van der Waals surface area (Å²) in [7, 11) is 0. The first-order valence-corrected chi connectivity index (χ1v) is 9.87. The van der Waals surface area contributed by atoms with Gasteiger partial charge >= 0.3 is 0 Å². The van der Waals surface area contributed by atoms with Crippen LogP contribution in [0.15, 0.2) is 66.7 Å². The number of benzene rings is 5. The van der Waals surface area contributed by atoms with Gasteiger partial charge in [-0.3, -0.25) is 0 Å². The molecule has 0 N–H and O–H groups in total. The van der Waals surface area contributed by atoms with E-state index >= 15 is 0 Å². The van der Waals surface area contributed by atoms with Crippen LogP contribution in [0.4, 0.5) is 0 Å². The summed E-state index contributed by atoms with van der Waals surface area (Å²) in [5.41, 5.74) is 1.51. The summed E-state index contributed by atoms with van der Waals surface area (Å²) in [5.74, 6) is 0.586. The first-order chi connectivity index (χ1) is 12.8. The molecule has 0 nitrogen and oxygen atoms in total. The van der Waals surface area contributed by atoms with Gasteiger partial charge in [-0.25, -0.2) is 0 Å². The third-order valence-corrected chi connectivity index (χ3v) is 6.07. The Morgan fingerprint density at radius 1 is 0.654 bits per heavy atom. The van der Waals surface area contributed by atoms with E-state index in [1.54, 1.807) is 0 Å². The van der Waals surface area contributed by atoms with E-state index in [2.05, 4.69) is 80.6 Å². The molecular weight excluding hydrogens is 312 g/mol. The molecular formula is C26H24. The molecule has 0 bridgehead atoms. The molecule has 128 valence electrons. The minimum atomic E-state index is 0.586. The Hall–Kier alpha value is -2.60. The smallest absolute Gasteiger partial charge is 0.00175 e. The van der Waals surface area contributed by atoms with Crippen LogP contribution in [0.2, 0.25) is 0 Å². The van der Waals surface area contributed by atoms with Crippen LogP contribution in [0.3, 0.4) is 0 Å². The normalized spacial score (nSPS) is 13.3. The molecule has 0 aliphatic rings. The number of rotatable bonds is 4. The Morgan fingerprint density at radius 2 is 1.31 bits per heavy atom. The van der Waals surface area contributed by atoms with Gasteiger partial charge in [0.2, 0.25) is 0 Å². The van der Waals surface area contributed by atoms with Crippen molar-refractivity contribution in [2.24, 2.45) is 0 Å². The van der Waals surface area contributed by atoms with Crippen LogP contribution in [0.1, 0.15) is 44.6 Å². The number of fused-ring (bicyclic) bond motifs is 3. The lowest BCUT2D eigenvalue weighted by Gasteiger charge is -2.20. The Morgan fingerprint density at radius 3 is 2.12 bits per heavy atom. The van der Waals surface area contributed by atoms with Gasteiger partial charge in [0.1, 0.15) is 0 Å². The second-order valence-corrected chi connectivity index (χ2v) is 7.69. The molecule has 0 aliphatic carbocycles. The third kappa shape index (κ3) is 2.15. The molecule has 0 saturated carbocycles. The lowest BCUT2D eigenvalue weighted by Crippen LogP contribution is -1.97. The van der Waals surface area contributed by atoms with Crippen LogP contribution in [0.25, 0.3) is 43.1 Å². The molecule has 26 heavy (non-hydrogen) atoms. The van der Waals surface area contributed by atoms with E-state index in [1.807, 2.05) is 0 Å². The summed E-state index contributed by atoms with van der Waals surface area (Å²) in [6.45, 7) is 4.68. The van der Waals surface area contributed by atoms with Crippen molar-refractivity contribution in [1.29, 1.82) is 0 Å². The van der Waals surface area contributed by atoms with Crippen molar-refractivity contribution in [3.63, 3.8) is 0 Å². The van der Waals surface area contributed by atoms with E-state index in [0.717, 1.165) is 0 Å². The molecule has 5 aromatic rings. The van der Waals surface area contributed by atoms with Gasteiger partial charge in [-0.1, -0.05) is 93.4 Å². The third-order valence-electron chi connectivity index (χ3n) is 6.07. The Bertz CT molecular complexity index is 1230. The van der Waals surface area contributed by atoms with Crippen molar-refractivity contribution < 1.29 is 0 Å². The standard InChI is InChI=1S/C26H24/c1-3-4-8-17(2)20-16-15-19-14-13-18-9-7-12-22-21-10-5-6-11-23(21)26(20)25(19)24(18)22/h5-7,9-17H,3-4,8H2,1-2H3. The van der Waals surface area contributed by atoms with Gasteiger partial charge in [0.05, 0.1) is 0 Å². The Kier molecular flexibility index (Phi) is 3.60. The summed E-state index contributed by atoms with van der Waals surface area (Å²) in [6, 6.07) is 25.0. The maximum atomic E-state index is 2.40. The summed E-state index contributed by atoms with van der Waals surface area (Å²) < 4.78 is 0. The largest absolute Gasteiger partial charge is 0.0654 e. The summed E-state index contributed by atoms with van der Waals surface area (Å²) in [5, 5.41) is 11.3. The zero-order valence-electron chi connectivity index (χ0n) is 15.5. The summed E-state index contributed by atoms with van der Waals surface area (Å²) >= 11 is 0. The molecule has 0 spiro atoms. The molecule has 0 aromatic heterocycles. The van der Waals surface area contributed by atoms with Crippen molar-refractivity contribution in [3.05, 3.63) is 72.3 Å². The average Bonchev–Trinajstić information content (AvgIpc) is 2.70. The highest BCUT2D eigenvalue weighted by Crippen LogP contribution is 2.43. The van der Waals surface area contributed by atoms with Gasteiger partial charge in [0.25, 0.3) is 0 Å². The van der Waals surface area contributed by atoms with Crippen molar-refractivity contribution in [2.75, 3.05) is 0 Å². The van der Waals surface area contributed by atoms with Gasteiger partial charge in [-0.2, -0.15) is 0 Å². The molecule has 5 aromatic carbocycles. The minimum absolute atomic E-state index is 0.586. The summed E-state index contributed by atoms with van der Waals surface area (Å²) in [4.78, 5) is 0. The molecule has 0 saturated heterocycles. The first-order valence-electron chi connectivity index (χ1n) is 9.87. The van der Waals surface area contributed by atoms with Crippen molar-refractivity contribution in [3.8, 4) is 0 Å². The molecule has 0 aliphatic heterocycles. The predicted octanol–water partition coefficient (Wildman–Crippen LogP) is 8.03. The maximum absolute atomic E-state index is 2.40. The number of hydrogen-bond donors (Lipinski definition) is 0. The van der Waals surface area contributed by atoms with Gasteiger partial charge < -0.3 is 0 Å². The fourth-order valence-corrected chi connectivity index (χ4v) is 4.74. The van der Waals surface area contributed by atoms with Crippen LogP contribution in [-0.4, -0.2) is 0 Å². The van der Waals surface area contributed by atoms with Crippen molar-refractivity contribution in [2.45, 2.75) is 39.0 Å². The maximum Gasteiger partial charge on any atom is -0.00175 e. The van der Waals surface area contributed by atoms with Crippen molar-refractivity contribution in [1.82, 2.24) is 0 Å². The van der Waals surface area contributed by atoms with E-state index in [1.165, 1.54) is 67.9 Å². The molecule has 0 fully saturated rings. The van der Waals surface area contributed by atoms with Crippen LogP contribution in [0.5, 0.6) is 0 Å². The average molecular weight is 336 g/mol. The second kappa shape index (κ2) is 5.99. The highest BCUT2D eigenvalue weighted by atomic mass is 14.2. The Labute approximate surface area is 154 Å². The molecule has 1 unspecified atom stereocenters. The van der Waals surface area contributed by atoms with Crippen LogP contribution >= 0.6 is 0 Å². The van der Waals surface area contributed by atoms with E-state index < -0.39 is 0 Å².